The van der Waals surface area contributed by atoms with Crippen LogP contribution in [0.1, 0.15) is 43.7 Å². The van der Waals surface area contributed by atoms with Gasteiger partial charge in [0.25, 0.3) is 0 Å². The Hall–Kier alpha value is -0.340. The van der Waals surface area contributed by atoms with E-state index in [-0.39, 0.29) is 6.42 Å². The molecule has 3 heterocycles. The van der Waals surface area contributed by atoms with Gasteiger partial charge < -0.3 is 4.90 Å². The first kappa shape index (κ1) is 16.5. The van der Waals surface area contributed by atoms with Crippen LogP contribution >= 0.6 is 23.5 Å². The molecule has 2 aliphatic rings. The van der Waals surface area contributed by atoms with Crippen LogP contribution in [0.25, 0.3) is 0 Å². The van der Waals surface area contributed by atoms with Crippen molar-refractivity contribution in [3.8, 4) is 0 Å². The lowest BCUT2D eigenvalue weighted by molar-refractivity contribution is -0.135. The summed E-state index contributed by atoms with van der Waals surface area (Å²) in [7, 11) is 0. The second-order valence-corrected chi connectivity index (χ2v) is 7.76. The molecule has 2 fully saturated rings. The largest absolute Gasteiger partial charge is 0.389 e. The van der Waals surface area contributed by atoms with Gasteiger partial charge in [0, 0.05) is 25.4 Å². The lowest BCUT2D eigenvalue weighted by Gasteiger charge is -2.21. The molecule has 3 atom stereocenters. The van der Waals surface area contributed by atoms with Gasteiger partial charge in [-0.2, -0.15) is 21.9 Å². The van der Waals surface area contributed by atoms with Gasteiger partial charge in [0.05, 0.1) is 17.4 Å². The van der Waals surface area contributed by atoms with E-state index < -0.39 is 12.6 Å². The number of unbranched alkanes of at least 4 members (excludes halogenated alkanes) is 1. The summed E-state index contributed by atoms with van der Waals surface area (Å²) in [6, 6.07) is 0. The summed E-state index contributed by atoms with van der Waals surface area (Å²) >= 11 is 2.81. The number of piperidine rings is 1. The van der Waals surface area contributed by atoms with E-state index in [9.17, 15) is 13.2 Å². The average molecular weight is 351 g/mol. The molecule has 3 nitrogen and oxygen atoms in total. The number of fused-ring (bicyclic) bond motifs is 2. The van der Waals surface area contributed by atoms with Crippen molar-refractivity contribution in [2.75, 3.05) is 25.4 Å². The van der Waals surface area contributed by atoms with Crippen molar-refractivity contribution in [3.63, 3.8) is 0 Å². The Balaban J connectivity index is 1.50. The van der Waals surface area contributed by atoms with Gasteiger partial charge in [0.2, 0.25) is 0 Å². The first-order valence-electron chi connectivity index (χ1n) is 7.77. The van der Waals surface area contributed by atoms with Gasteiger partial charge in [-0.25, -0.2) is 0 Å². The van der Waals surface area contributed by atoms with Gasteiger partial charge >= 0.3 is 6.18 Å². The first-order valence-corrected chi connectivity index (χ1v) is 9.49. The quantitative estimate of drug-likeness (QED) is 0.568. The molecule has 1 aromatic heterocycles. The summed E-state index contributed by atoms with van der Waals surface area (Å²) in [5.41, 5.74) is 1.10. The predicted molar refractivity (Wildman–Crippen MR) is 82.4 cm³/mol. The molecule has 124 valence electrons. The minimum Gasteiger partial charge on any atom is -0.302 e. The molecule has 0 N–H and O–H groups in total. The summed E-state index contributed by atoms with van der Waals surface area (Å²) < 4.78 is 45.2. The van der Waals surface area contributed by atoms with Crippen LogP contribution in [0.3, 0.4) is 0 Å². The summed E-state index contributed by atoms with van der Waals surface area (Å²) in [6.07, 6.45) is -1.43. The Morgan fingerprint density at radius 3 is 2.86 bits per heavy atom. The van der Waals surface area contributed by atoms with Crippen LogP contribution < -0.4 is 0 Å². The van der Waals surface area contributed by atoms with Gasteiger partial charge in [0.1, 0.15) is 5.03 Å². The lowest BCUT2D eigenvalue weighted by atomic mass is 9.89. The zero-order valence-corrected chi connectivity index (χ0v) is 13.9. The predicted octanol–water partition coefficient (Wildman–Crippen LogP) is 4.17. The van der Waals surface area contributed by atoms with Crippen molar-refractivity contribution in [3.05, 3.63) is 5.69 Å². The van der Waals surface area contributed by atoms with Gasteiger partial charge in [-0.15, -0.1) is 11.8 Å². The third-order valence-electron chi connectivity index (χ3n) is 4.49. The smallest absolute Gasteiger partial charge is 0.302 e. The van der Waals surface area contributed by atoms with E-state index in [1.165, 1.54) is 31.1 Å². The molecule has 0 aliphatic carbocycles. The van der Waals surface area contributed by atoms with Crippen LogP contribution in [-0.4, -0.2) is 45.2 Å². The Kier molecular flexibility index (Phi) is 5.29. The maximum Gasteiger partial charge on any atom is 0.389 e. The fourth-order valence-corrected chi connectivity index (χ4v) is 5.21. The minimum absolute atomic E-state index is 0.198. The summed E-state index contributed by atoms with van der Waals surface area (Å²) in [6.45, 7) is 3.42. The van der Waals surface area contributed by atoms with Gasteiger partial charge in [0.15, 0.2) is 0 Å². The Bertz CT molecular complexity index is 492. The minimum atomic E-state index is -4.03. The van der Waals surface area contributed by atoms with Gasteiger partial charge in [-0.05, 0) is 43.9 Å². The third-order valence-corrected chi connectivity index (χ3v) is 6.22. The zero-order chi connectivity index (χ0) is 15.6. The fraction of sp³-hybridized carbons (Fsp3) is 0.857. The maximum atomic E-state index is 12.1. The topological polar surface area (TPSA) is 29.0 Å². The van der Waals surface area contributed by atoms with E-state index in [0.29, 0.717) is 24.0 Å². The second-order valence-electron chi connectivity index (χ2n) is 6.14. The van der Waals surface area contributed by atoms with Crippen LogP contribution in [0.4, 0.5) is 13.2 Å². The third kappa shape index (κ3) is 4.14. The number of nitrogens with zero attached hydrogens (tertiary/aromatic N) is 3. The second kappa shape index (κ2) is 7.05. The standard InChI is InChI=1S/C14H20F3N3S2/c15-14(16,17)5-1-2-7-21-13-12(18-22-19-13)11-9-20-6-3-4-10(11)8-20/h10-11H,1-9H2/t10-,11-/m1/s1. The van der Waals surface area contributed by atoms with E-state index in [0.717, 1.165) is 23.8 Å². The normalized spacial score (nSPS) is 28.2. The lowest BCUT2D eigenvalue weighted by Crippen LogP contribution is -2.25. The number of halogens is 3. The zero-order valence-electron chi connectivity index (χ0n) is 12.3. The van der Waals surface area contributed by atoms with Crippen LogP contribution in [0, 0.1) is 5.92 Å². The molecule has 0 amide bonds. The van der Waals surface area contributed by atoms with Crippen molar-refractivity contribution in [2.24, 2.45) is 5.92 Å². The molecule has 1 aromatic rings. The summed E-state index contributed by atoms with van der Waals surface area (Å²) in [5, 5.41) is 0.954. The molecule has 22 heavy (non-hydrogen) atoms. The van der Waals surface area contributed by atoms with Gasteiger partial charge in [-0.1, -0.05) is 0 Å². The van der Waals surface area contributed by atoms with E-state index in [2.05, 4.69) is 13.6 Å². The van der Waals surface area contributed by atoms with E-state index >= 15 is 0 Å². The molecule has 0 aromatic carbocycles. The van der Waals surface area contributed by atoms with Crippen LogP contribution in [0.2, 0.25) is 0 Å². The van der Waals surface area contributed by atoms with Crippen molar-refractivity contribution in [1.29, 1.82) is 0 Å². The molecule has 2 bridgehead atoms. The van der Waals surface area contributed by atoms with Crippen LogP contribution in [0.15, 0.2) is 5.03 Å². The average Bonchev–Trinajstić information content (AvgIpc) is 3.01. The highest BCUT2D eigenvalue weighted by atomic mass is 32.2. The Morgan fingerprint density at radius 1 is 1.23 bits per heavy atom. The monoisotopic (exact) mass is 351 g/mol. The molecule has 0 radical (unpaired) electrons. The molecule has 0 saturated carbocycles. The van der Waals surface area contributed by atoms with Crippen molar-refractivity contribution in [1.82, 2.24) is 13.6 Å². The highest BCUT2D eigenvalue weighted by Crippen LogP contribution is 2.41. The Labute approximate surface area is 137 Å². The highest BCUT2D eigenvalue weighted by molar-refractivity contribution is 7.99. The highest BCUT2D eigenvalue weighted by Gasteiger charge is 2.38. The van der Waals surface area contributed by atoms with Crippen LogP contribution in [-0.2, 0) is 0 Å². The van der Waals surface area contributed by atoms with E-state index in [1.807, 2.05) is 0 Å². The summed E-state index contributed by atoms with van der Waals surface area (Å²) in [5.74, 6) is 1.84. The molecule has 0 spiro atoms. The summed E-state index contributed by atoms with van der Waals surface area (Å²) in [4.78, 5) is 2.50. The van der Waals surface area contributed by atoms with Crippen LogP contribution in [0.5, 0.6) is 0 Å². The Morgan fingerprint density at radius 2 is 2.09 bits per heavy atom. The molecular weight excluding hydrogens is 331 g/mol. The number of thioether (sulfide) groups is 1. The SMILES string of the molecule is FC(F)(F)CCCCSc1nsnc1[C@@H]1CN2CCC[C@@H]1C2. The fourth-order valence-electron chi connectivity index (χ4n) is 3.43. The number of alkyl halides is 3. The van der Waals surface area contributed by atoms with Crippen molar-refractivity contribution in [2.45, 2.75) is 49.2 Å². The van der Waals surface area contributed by atoms with E-state index in [4.69, 9.17) is 0 Å². The molecule has 1 unspecified atom stereocenters. The first-order chi connectivity index (χ1) is 10.5. The molecule has 3 rings (SSSR count). The molecular formula is C14H20F3N3S2. The number of aromatic nitrogens is 2. The molecule has 8 heteroatoms. The van der Waals surface area contributed by atoms with Crippen molar-refractivity contribution >= 4 is 23.5 Å². The number of rotatable bonds is 6. The molecule has 2 saturated heterocycles. The number of hydrogen-bond acceptors (Lipinski definition) is 5. The molecule has 2 aliphatic heterocycles. The maximum absolute atomic E-state index is 12.1. The van der Waals surface area contributed by atoms with E-state index in [1.54, 1.807) is 11.8 Å². The number of hydrogen-bond donors (Lipinski definition) is 0. The van der Waals surface area contributed by atoms with Crippen molar-refractivity contribution < 1.29 is 13.2 Å². The van der Waals surface area contributed by atoms with Gasteiger partial charge in [-0.3, -0.25) is 0 Å².